The number of halogens is 2. The summed E-state index contributed by atoms with van der Waals surface area (Å²) in [6, 6.07) is 0. The molecule has 0 aromatic heterocycles. The van der Waals surface area contributed by atoms with Gasteiger partial charge in [0.25, 0.3) is 0 Å². The Morgan fingerprint density at radius 2 is 1.22 bits per heavy atom. The molecule has 0 radical (unpaired) electrons. The average Bonchev–Trinajstić information content (AvgIpc) is 3.37. The number of allylic oxidation sites excluding steroid dienone is 8. The van der Waals surface area contributed by atoms with Gasteiger partial charge in [0.2, 0.25) is 0 Å². The summed E-state index contributed by atoms with van der Waals surface area (Å²) in [7, 11) is -3.11. The number of fused-ring (bicyclic) bond motifs is 2. The molecule has 4 unspecified atom stereocenters. The Labute approximate surface area is 255 Å². The second-order valence-corrected chi connectivity index (χ2v) is 22.0. The molecule has 2 nitrogen and oxygen atoms in total. The number of hydrogen-bond donors (Lipinski definition) is 0. The Kier molecular flexibility index (Phi) is 13.9. The van der Waals surface area contributed by atoms with E-state index >= 15 is 0 Å². The van der Waals surface area contributed by atoms with Crippen LogP contribution in [0.4, 0.5) is 0 Å². The van der Waals surface area contributed by atoms with Crippen molar-refractivity contribution in [2.45, 2.75) is 90.6 Å². The van der Waals surface area contributed by atoms with Gasteiger partial charge in [-0.15, -0.1) is 0 Å². The maximum Gasteiger partial charge on any atom is 2.00 e. The van der Waals surface area contributed by atoms with Gasteiger partial charge in [-0.3, -0.25) is 0 Å². The maximum absolute atomic E-state index is 6.89. The summed E-state index contributed by atoms with van der Waals surface area (Å²) >= 11 is 0. The van der Waals surface area contributed by atoms with Crippen LogP contribution >= 0.6 is 0 Å². The molecule has 2 fully saturated rings. The van der Waals surface area contributed by atoms with Crippen LogP contribution in [-0.4, -0.2) is 29.8 Å². The molecule has 0 aliphatic heterocycles. The SMILES string of the molecule is C[Si](C)(C)OCCCC(CO[Si](C)(C)C)(C1CCC2CC=CC=C21)C1CCC2CC=CC=C21.[Cl-].[Cl-].[Zr+2]. The Bertz CT molecular complexity index is 780. The van der Waals surface area contributed by atoms with E-state index in [4.69, 9.17) is 8.85 Å². The predicted octanol–water partition coefficient (Wildman–Crippen LogP) is 2.29. The van der Waals surface area contributed by atoms with E-state index in [1.165, 1.54) is 44.9 Å². The molecule has 4 aliphatic rings. The van der Waals surface area contributed by atoms with Crippen LogP contribution in [0.3, 0.4) is 0 Å². The van der Waals surface area contributed by atoms with Gasteiger partial charge in [0.1, 0.15) is 0 Å². The van der Waals surface area contributed by atoms with Gasteiger partial charge < -0.3 is 33.7 Å². The van der Waals surface area contributed by atoms with E-state index in [0.717, 1.165) is 31.5 Å². The smallest absolute Gasteiger partial charge is 1.00 e. The second kappa shape index (κ2) is 14.4. The van der Waals surface area contributed by atoms with Gasteiger partial charge in [0.05, 0.1) is 0 Å². The summed E-state index contributed by atoms with van der Waals surface area (Å²) in [5.74, 6) is 2.85. The molecule has 2 saturated carbocycles. The predicted molar refractivity (Wildman–Crippen MR) is 146 cm³/mol. The second-order valence-electron chi connectivity index (χ2n) is 13.0. The van der Waals surface area contributed by atoms with E-state index in [0.29, 0.717) is 11.8 Å². The Morgan fingerprint density at radius 1 is 0.750 bits per heavy atom. The van der Waals surface area contributed by atoms with Gasteiger partial charge >= 0.3 is 26.2 Å². The molecule has 202 valence electrons. The van der Waals surface area contributed by atoms with Crippen LogP contribution < -0.4 is 24.8 Å². The van der Waals surface area contributed by atoms with Gasteiger partial charge in [-0.1, -0.05) is 47.6 Å². The summed E-state index contributed by atoms with van der Waals surface area (Å²) in [5.41, 5.74) is 3.71. The van der Waals surface area contributed by atoms with Crippen molar-refractivity contribution in [1.29, 1.82) is 0 Å². The molecule has 0 spiro atoms. The van der Waals surface area contributed by atoms with Crippen molar-refractivity contribution < 1.29 is 59.9 Å². The quantitative estimate of drug-likeness (QED) is 0.268. The molecule has 0 aromatic rings. The minimum absolute atomic E-state index is 0. The largest absolute Gasteiger partial charge is 2.00 e. The standard InChI is InChI=1S/C29H48O2Si2.2ClH.Zr/c1-32(2,3)30-21-11-20-29(22-31-33(4,5)6,27-18-16-23-12-7-9-14-25(23)27)28-19-17-24-13-8-10-15-26(24)28;;;/h7-10,14-15,23-24,27-28H,11-13,16-22H2,1-6H3;2*1H;/q;;;+2/p-2. The molecule has 0 aromatic carbocycles. The number of hydrogen-bond acceptors (Lipinski definition) is 2. The van der Waals surface area contributed by atoms with E-state index in [2.05, 4.69) is 75.7 Å². The fraction of sp³-hybridized carbons (Fsp3) is 0.724. The summed E-state index contributed by atoms with van der Waals surface area (Å²) in [4.78, 5) is 0. The topological polar surface area (TPSA) is 18.5 Å². The Balaban J connectivity index is 0.00000216. The Hall–Kier alpha value is 0.777. The monoisotopic (exact) mass is 644 g/mol. The van der Waals surface area contributed by atoms with Crippen molar-refractivity contribution in [2.75, 3.05) is 13.2 Å². The third-order valence-corrected chi connectivity index (χ3v) is 10.6. The van der Waals surface area contributed by atoms with E-state index in [9.17, 15) is 0 Å². The molecule has 7 heteroatoms. The van der Waals surface area contributed by atoms with Crippen LogP contribution in [0.15, 0.2) is 47.6 Å². The van der Waals surface area contributed by atoms with Crippen molar-refractivity contribution in [2.24, 2.45) is 29.1 Å². The van der Waals surface area contributed by atoms with Gasteiger partial charge in [0.15, 0.2) is 16.6 Å². The zero-order valence-electron chi connectivity index (χ0n) is 23.4. The van der Waals surface area contributed by atoms with E-state index in [1.54, 1.807) is 11.1 Å². The van der Waals surface area contributed by atoms with Crippen LogP contribution in [0.1, 0.15) is 51.4 Å². The first-order valence-corrected chi connectivity index (χ1v) is 20.4. The summed E-state index contributed by atoms with van der Waals surface area (Å²) in [6.07, 6.45) is 24.7. The van der Waals surface area contributed by atoms with Gasteiger partial charge in [-0.25, -0.2) is 0 Å². The summed E-state index contributed by atoms with van der Waals surface area (Å²) in [6.45, 7) is 15.9. The van der Waals surface area contributed by atoms with Gasteiger partial charge in [-0.05, 0) is 114 Å². The molecule has 0 bridgehead atoms. The molecular formula is C29H48Cl2O2Si2Zr. The van der Waals surface area contributed by atoms with Crippen molar-refractivity contribution in [1.82, 2.24) is 0 Å². The molecule has 4 aliphatic carbocycles. The molecule has 0 saturated heterocycles. The van der Waals surface area contributed by atoms with Crippen molar-refractivity contribution in [3.63, 3.8) is 0 Å². The first-order chi connectivity index (χ1) is 15.6. The normalized spacial score (nSPS) is 28.5. The van der Waals surface area contributed by atoms with Crippen molar-refractivity contribution >= 4 is 16.6 Å². The Morgan fingerprint density at radius 3 is 1.67 bits per heavy atom. The van der Waals surface area contributed by atoms with Crippen molar-refractivity contribution in [3.8, 4) is 0 Å². The molecule has 4 atom stereocenters. The summed E-state index contributed by atoms with van der Waals surface area (Å²) < 4.78 is 13.3. The fourth-order valence-electron chi connectivity index (χ4n) is 7.06. The minimum Gasteiger partial charge on any atom is -1.00 e. The first kappa shape index (κ1) is 34.8. The van der Waals surface area contributed by atoms with Crippen LogP contribution in [0.2, 0.25) is 39.3 Å². The third kappa shape index (κ3) is 8.39. The zero-order valence-corrected chi connectivity index (χ0v) is 29.4. The molecule has 4 rings (SSSR count). The number of rotatable bonds is 10. The summed E-state index contributed by atoms with van der Waals surface area (Å²) in [5, 5.41) is 0. The molecular weight excluding hydrogens is 599 g/mol. The van der Waals surface area contributed by atoms with E-state index in [1.807, 2.05) is 0 Å². The van der Waals surface area contributed by atoms with Crippen LogP contribution in [-0.2, 0) is 35.1 Å². The fourth-order valence-corrected chi connectivity index (χ4v) is 8.52. The molecule has 36 heavy (non-hydrogen) atoms. The first-order valence-electron chi connectivity index (χ1n) is 13.6. The molecule has 0 heterocycles. The van der Waals surface area contributed by atoms with Crippen LogP contribution in [0.5, 0.6) is 0 Å². The maximum atomic E-state index is 6.89. The van der Waals surface area contributed by atoms with E-state index in [-0.39, 0.29) is 56.4 Å². The van der Waals surface area contributed by atoms with Gasteiger partial charge in [-0.2, -0.15) is 0 Å². The zero-order chi connectivity index (χ0) is 23.7. The van der Waals surface area contributed by atoms with Crippen molar-refractivity contribution in [3.05, 3.63) is 47.6 Å². The van der Waals surface area contributed by atoms with Crippen LogP contribution in [0, 0.1) is 29.1 Å². The third-order valence-electron chi connectivity index (χ3n) is 8.53. The molecule has 0 N–H and O–H groups in total. The van der Waals surface area contributed by atoms with Crippen LogP contribution in [0.25, 0.3) is 0 Å². The van der Waals surface area contributed by atoms with E-state index < -0.39 is 16.6 Å². The minimum atomic E-state index is -1.62. The molecule has 0 amide bonds. The van der Waals surface area contributed by atoms with Gasteiger partial charge in [0, 0.05) is 18.6 Å². The average molecular weight is 647 g/mol.